The molecule has 0 aromatic heterocycles. The number of hydrogen-bond acceptors (Lipinski definition) is 4. The van der Waals surface area contributed by atoms with E-state index < -0.39 is 35.5 Å². The quantitative estimate of drug-likeness (QED) is 0.648. The van der Waals surface area contributed by atoms with E-state index in [1.165, 1.54) is 0 Å². The highest BCUT2D eigenvalue weighted by molar-refractivity contribution is 6.03. The van der Waals surface area contributed by atoms with Gasteiger partial charge in [0, 0.05) is 0 Å². The fourth-order valence-electron chi connectivity index (χ4n) is 2.75. The second kappa shape index (κ2) is 5.38. The first kappa shape index (κ1) is 13.5. The second-order valence-corrected chi connectivity index (χ2v) is 5.00. The first-order valence-corrected chi connectivity index (χ1v) is 6.33. The van der Waals surface area contributed by atoms with E-state index in [1.54, 1.807) is 0 Å². The van der Waals surface area contributed by atoms with Crippen molar-refractivity contribution in [1.29, 1.82) is 0 Å². The summed E-state index contributed by atoms with van der Waals surface area (Å²) in [6.45, 7) is -0.346. The van der Waals surface area contributed by atoms with Crippen LogP contribution in [0.4, 0.5) is 0 Å². The van der Waals surface area contributed by atoms with Gasteiger partial charge in [-0.15, -0.1) is 0 Å². The lowest BCUT2D eigenvalue weighted by atomic mass is 9.78. The number of nitrogens with zero attached hydrogens (tertiary/aromatic N) is 1. The van der Waals surface area contributed by atoms with E-state index in [4.69, 9.17) is 5.11 Å². The highest BCUT2D eigenvalue weighted by atomic mass is 16.4. The van der Waals surface area contributed by atoms with Gasteiger partial charge in [-0.1, -0.05) is 12.8 Å². The molecule has 2 fully saturated rings. The summed E-state index contributed by atoms with van der Waals surface area (Å²) in [5, 5.41) is 11.3. The maximum Gasteiger partial charge on any atom is 0.307 e. The summed E-state index contributed by atoms with van der Waals surface area (Å²) in [7, 11) is 0. The molecule has 3 amide bonds. The lowest BCUT2D eigenvalue weighted by Gasteiger charge is -2.33. The molecule has 2 aliphatic rings. The molecule has 0 aromatic carbocycles. The lowest BCUT2D eigenvalue weighted by Crippen LogP contribution is -2.55. The van der Waals surface area contributed by atoms with Crippen molar-refractivity contribution >= 4 is 23.7 Å². The second-order valence-electron chi connectivity index (χ2n) is 5.00. The summed E-state index contributed by atoms with van der Waals surface area (Å²) >= 11 is 0. The minimum absolute atomic E-state index is 0.173. The van der Waals surface area contributed by atoms with Gasteiger partial charge >= 0.3 is 5.97 Å². The number of amides is 3. The van der Waals surface area contributed by atoms with Crippen LogP contribution in [0.2, 0.25) is 0 Å². The zero-order valence-electron chi connectivity index (χ0n) is 10.4. The number of carboxylic acids is 1. The Kier molecular flexibility index (Phi) is 3.82. The minimum Gasteiger partial charge on any atom is -0.481 e. The maximum absolute atomic E-state index is 12.3. The summed E-state index contributed by atoms with van der Waals surface area (Å²) < 4.78 is 0. The number of carboxylic acid groups (broad SMARTS) is 1. The van der Waals surface area contributed by atoms with Crippen LogP contribution in [0, 0.1) is 11.8 Å². The van der Waals surface area contributed by atoms with Crippen molar-refractivity contribution in [3.8, 4) is 0 Å². The molecule has 19 heavy (non-hydrogen) atoms. The third kappa shape index (κ3) is 2.91. The van der Waals surface area contributed by atoms with E-state index in [-0.39, 0.29) is 13.1 Å². The summed E-state index contributed by atoms with van der Waals surface area (Å²) in [6, 6.07) is 0. The van der Waals surface area contributed by atoms with Crippen molar-refractivity contribution in [3.05, 3.63) is 0 Å². The van der Waals surface area contributed by atoms with Crippen LogP contribution in [0.3, 0.4) is 0 Å². The van der Waals surface area contributed by atoms with Crippen LogP contribution in [0.5, 0.6) is 0 Å². The summed E-state index contributed by atoms with van der Waals surface area (Å²) in [5.41, 5.74) is 0. The fourth-order valence-corrected chi connectivity index (χ4v) is 2.75. The third-order valence-corrected chi connectivity index (χ3v) is 3.66. The zero-order valence-corrected chi connectivity index (χ0v) is 10.4. The average Bonchev–Trinajstić information content (AvgIpc) is 2.36. The highest BCUT2D eigenvalue weighted by Gasteiger charge is 2.39. The van der Waals surface area contributed by atoms with E-state index in [0.29, 0.717) is 12.8 Å². The number of imide groups is 1. The Labute approximate surface area is 109 Å². The van der Waals surface area contributed by atoms with E-state index in [0.717, 1.165) is 17.7 Å². The molecule has 1 aliphatic carbocycles. The molecule has 0 radical (unpaired) electrons. The van der Waals surface area contributed by atoms with E-state index in [2.05, 4.69) is 5.32 Å². The van der Waals surface area contributed by atoms with Gasteiger partial charge in [0.05, 0.1) is 11.8 Å². The molecular formula is C12H16N2O5. The molecule has 7 heteroatoms. The largest absolute Gasteiger partial charge is 0.481 e. The van der Waals surface area contributed by atoms with Gasteiger partial charge in [0.25, 0.3) is 0 Å². The van der Waals surface area contributed by atoms with Crippen molar-refractivity contribution in [2.45, 2.75) is 25.7 Å². The van der Waals surface area contributed by atoms with Crippen LogP contribution in [0.15, 0.2) is 0 Å². The number of piperazine rings is 1. The number of rotatable bonds is 2. The first-order chi connectivity index (χ1) is 8.99. The Morgan fingerprint density at radius 2 is 1.58 bits per heavy atom. The number of carbonyl (C=O) groups is 4. The van der Waals surface area contributed by atoms with Gasteiger partial charge in [-0.05, 0) is 12.8 Å². The zero-order chi connectivity index (χ0) is 14.0. The molecule has 0 bridgehead atoms. The predicted octanol–water partition coefficient (Wildman–Crippen LogP) is -0.638. The normalized spacial score (nSPS) is 27.9. The van der Waals surface area contributed by atoms with E-state index in [9.17, 15) is 19.2 Å². The SMILES string of the molecule is O=C1CN(C(=O)[C@@H]2CCCC[C@@H]2C(=O)O)CC(=O)N1. The van der Waals surface area contributed by atoms with Crippen LogP contribution < -0.4 is 5.32 Å². The molecule has 0 unspecified atom stereocenters. The van der Waals surface area contributed by atoms with Crippen LogP contribution in [-0.4, -0.2) is 46.8 Å². The lowest BCUT2D eigenvalue weighted by molar-refractivity contribution is -0.155. The van der Waals surface area contributed by atoms with Crippen molar-refractivity contribution in [2.75, 3.05) is 13.1 Å². The number of nitrogens with one attached hydrogen (secondary N) is 1. The molecule has 1 saturated heterocycles. The Balaban J connectivity index is 2.10. The van der Waals surface area contributed by atoms with Crippen LogP contribution in [0.1, 0.15) is 25.7 Å². The number of hydrogen-bond donors (Lipinski definition) is 2. The molecule has 0 aromatic rings. The van der Waals surface area contributed by atoms with Gasteiger partial charge in [-0.25, -0.2) is 0 Å². The molecule has 0 spiro atoms. The summed E-state index contributed by atoms with van der Waals surface area (Å²) in [4.78, 5) is 47.1. The van der Waals surface area contributed by atoms with Crippen LogP contribution in [-0.2, 0) is 19.2 Å². The molecule has 2 N–H and O–H groups in total. The number of aliphatic carboxylic acids is 1. The minimum atomic E-state index is -0.981. The smallest absolute Gasteiger partial charge is 0.307 e. The first-order valence-electron chi connectivity index (χ1n) is 6.33. The Morgan fingerprint density at radius 3 is 2.11 bits per heavy atom. The third-order valence-electron chi connectivity index (χ3n) is 3.66. The average molecular weight is 268 g/mol. The summed E-state index contributed by atoms with van der Waals surface area (Å²) in [6.07, 6.45) is 2.57. The topological polar surface area (TPSA) is 104 Å². The van der Waals surface area contributed by atoms with Crippen molar-refractivity contribution < 1.29 is 24.3 Å². The molecule has 104 valence electrons. The predicted molar refractivity (Wildman–Crippen MR) is 62.8 cm³/mol. The molecular weight excluding hydrogens is 252 g/mol. The van der Waals surface area contributed by atoms with Gasteiger partial charge in [-0.3, -0.25) is 24.5 Å². The summed E-state index contributed by atoms with van der Waals surface area (Å²) in [5.74, 6) is -3.74. The van der Waals surface area contributed by atoms with Gasteiger partial charge in [0.1, 0.15) is 13.1 Å². The van der Waals surface area contributed by atoms with Gasteiger partial charge in [-0.2, -0.15) is 0 Å². The Hall–Kier alpha value is -1.92. The van der Waals surface area contributed by atoms with Crippen LogP contribution >= 0.6 is 0 Å². The van der Waals surface area contributed by atoms with Gasteiger partial charge in [0.15, 0.2) is 0 Å². The molecule has 2 atom stereocenters. The van der Waals surface area contributed by atoms with Crippen molar-refractivity contribution in [2.24, 2.45) is 11.8 Å². The Bertz CT molecular complexity index is 418. The Morgan fingerprint density at radius 1 is 1.05 bits per heavy atom. The van der Waals surface area contributed by atoms with Gasteiger partial charge in [0.2, 0.25) is 17.7 Å². The number of carbonyl (C=O) groups excluding carboxylic acids is 3. The van der Waals surface area contributed by atoms with E-state index >= 15 is 0 Å². The highest BCUT2D eigenvalue weighted by Crippen LogP contribution is 2.31. The van der Waals surface area contributed by atoms with E-state index in [1.807, 2.05) is 0 Å². The van der Waals surface area contributed by atoms with Crippen molar-refractivity contribution in [1.82, 2.24) is 10.2 Å². The molecule has 1 aliphatic heterocycles. The van der Waals surface area contributed by atoms with Crippen LogP contribution in [0.25, 0.3) is 0 Å². The fraction of sp³-hybridized carbons (Fsp3) is 0.667. The molecule has 1 heterocycles. The molecule has 2 rings (SSSR count). The standard InChI is InChI=1S/C12H16N2O5/c15-9-5-14(6-10(16)13-9)11(17)7-3-1-2-4-8(7)12(18)19/h7-8H,1-6H2,(H,18,19)(H,13,15,16)/t7-,8+/m1/s1. The molecule has 7 nitrogen and oxygen atoms in total. The molecule has 1 saturated carbocycles. The monoisotopic (exact) mass is 268 g/mol. The maximum atomic E-state index is 12.3. The van der Waals surface area contributed by atoms with Crippen molar-refractivity contribution in [3.63, 3.8) is 0 Å². The van der Waals surface area contributed by atoms with Gasteiger partial charge < -0.3 is 10.0 Å².